The molecule has 0 radical (unpaired) electrons. The Kier molecular flexibility index (Phi) is 8.49. The van der Waals surface area contributed by atoms with Gasteiger partial charge in [-0.15, -0.1) is 0 Å². The topological polar surface area (TPSA) is 93.7 Å². The number of benzene rings is 1. The third-order valence-corrected chi connectivity index (χ3v) is 2.92. The summed E-state index contributed by atoms with van der Waals surface area (Å²) in [4.78, 5) is 34.9. The summed E-state index contributed by atoms with van der Waals surface area (Å²) in [7, 11) is 0. The highest BCUT2D eigenvalue weighted by atomic mass is 16.5. The van der Waals surface area contributed by atoms with E-state index in [-0.39, 0.29) is 6.10 Å². The minimum atomic E-state index is -0.760. The molecule has 0 saturated carbocycles. The average molecular weight is 336 g/mol. The molecule has 0 heterocycles. The van der Waals surface area contributed by atoms with Crippen molar-refractivity contribution in [3.8, 4) is 0 Å². The summed E-state index contributed by atoms with van der Waals surface area (Å²) in [5.74, 6) is -1.91. The van der Waals surface area contributed by atoms with Crippen LogP contribution in [0.5, 0.6) is 0 Å². The zero-order chi connectivity index (χ0) is 17.9. The van der Waals surface area contributed by atoms with E-state index in [1.807, 2.05) is 13.8 Å². The predicted molar refractivity (Wildman–Crippen MR) is 89.7 cm³/mol. The standard InChI is InChI=1S/C17H24N2O5/c1-4-23-17(22)13-6-8-14(9-7-13)19-16(21)15(20)18-10-5-11-24-12(2)3/h6-9,12H,4-5,10-11H2,1-3H3,(H,18,20)(H,19,21). The van der Waals surface area contributed by atoms with Crippen molar-refractivity contribution in [3.05, 3.63) is 29.8 Å². The third kappa shape index (κ3) is 7.23. The first-order chi connectivity index (χ1) is 11.4. The molecule has 0 atom stereocenters. The van der Waals surface area contributed by atoms with E-state index in [2.05, 4.69) is 10.6 Å². The fourth-order valence-corrected chi connectivity index (χ4v) is 1.77. The number of carbonyl (C=O) groups is 3. The zero-order valence-electron chi connectivity index (χ0n) is 14.3. The minimum absolute atomic E-state index is 0.140. The number of esters is 1. The second-order valence-electron chi connectivity index (χ2n) is 5.28. The van der Waals surface area contributed by atoms with Gasteiger partial charge in [-0.1, -0.05) is 0 Å². The Balaban J connectivity index is 2.38. The third-order valence-electron chi connectivity index (χ3n) is 2.92. The first kappa shape index (κ1) is 19.6. The molecular formula is C17H24N2O5. The lowest BCUT2D eigenvalue weighted by Gasteiger charge is -2.09. The van der Waals surface area contributed by atoms with Gasteiger partial charge in [-0.25, -0.2) is 4.79 Å². The first-order valence-corrected chi connectivity index (χ1v) is 7.92. The van der Waals surface area contributed by atoms with E-state index >= 15 is 0 Å². The van der Waals surface area contributed by atoms with E-state index < -0.39 is 17.8 Å². The van der Waals surface area contributed by atoms with Crippen LogP contribution >= 0.6 is 0 Å². The average Bonchev–Trinajstić information content (AvgIpc) is 2.54. The Labute approximate surface area is 141 Å². The maximum Gasteiger partial charge on any atom is 0.338 e. The fraction of sp³-hybridized carbons (Fsp3) is 0.471. The highest BCUT2D eigenvalue weighted by Crippen LogP contribution is 2.10. The minimum Gasteiger partial charge on any atom is -0.462 e. The van der Waals surface area contributed by atoms with E-state index in [4.69, 9.17) is 9.47 Å². The maximum atomic E-state index is 11.8. The van der Waals surface area contributed by atoms with Crippen LogP contribution < -0.4 is 10.6 Å². The van der Waals surface area contributed by atoms with Gasteiger partial charge in [0.1, 0.15) is 0 Å². The summed E-state index contributed by atoms with van der Waals surface area (Å²) in [6, 6.07) is 6.12. The maximum absolute atomic E-state index is 11.8. The Morgan fingerprint density at radius 3 is 2.33 bits per heavy atom. The molecule has 0 aliphatic heterocycles. The number of ether oxygens (including phenoxy) is 2. The number of anilines is 1. The molecule has 0 saturated heterocycles. The van der Waals surface area contributed by atoms with Gasteiger partial charge in [-0.2, -0.15) is 0 Å². The van der Waals surface area contributed by atoms with E-state index in [1.54, 1.807) is 6.92 Å². The summed E-state index contributed by atoms with van der Waals surface area (Å²) >= 11 is 0. The van der Waals surface area contributed by atoms with Crippen LogP contribution in [0, 0.1) is 0 Å². The van der Waals surface area contributed by atoms with E-state index in [0.717, 1.165) is 0 Å². The van der Waals surface area contributed by atoms with Gasteiger partial charge in [0.15, 0.2) is 0 Å². The fourth-order valence-electron chi connectivity index (χ4n) is 1.77. The Bertz CT molecular complexity index is 555. The highest BCUT2D eigenvalue weighted by Gasteiger charge is 2.13. The molecule has 0 spiro atoms. The highest BCUT2D eigenvalue weighted by molar-refractivity contribution is 6.39. The van der Waals surface area contributed by atoms with E-state index in [0.29, 0.717) is 37.4 Å². The van der Waals surface area contributed by atoms with Gasteiger partial charge < -0.3 is 20.1 Å². The molecule has 7 nitrogen and oxygen atoms in total. The van der Waals surface area contributed by atoms with Crippen LogP contribution in [-0.4, -0.2) is 43.6 Å². The molecule has 1 aromatic carbocycles. The van der Waals surface area contributed by atoms with Crippen molar-refractivity contribution in [3.63, 3.8) is 0 Å². The van der Waals surface area contributed by atoms with Crippen molar-refractivity contribution < 1.29 is 23.9 Å². The Morgan fingerprint density at radius 2 is 1.75 bits per heavy atom. The van der Waals surface area contributed by atoms with Gasteiger partial charge in [0.05, 0.1) is 18.3 Å². The van der Waals surface area contributed by atoms with Gasteiger partial charge >= 0.3 is 17.8 Å². The lowest BCUT2D eigenvalue weighted by molar-refractivity contribution is -0.136. The lowest BCUT2D eigenvalue weighted by atomic mass is 10.2. The van der Waals surface area contributed by atoms with Crippen molar-refractivity contribution in [1.82, 2.24) is 5.32 Å². The van der Waals surface area contributed by atoms with Gasteiger partial charge in [-0.05, 0) is 51.5 Å². The Morgan fingerprint density at radius 1 is 1.08 bits per heavy atom. The molecule has 0 bridgehead atoms. The van der Waals surface area contributed by atoms with Gasteiger partial charge in [0.25, 0.3) is 0 Å². The molecule has 7 heteroatoms. The van der Waals surface area contributed by atoms with Crippen LogP contribution in [0.15, 0.2) is 24.3 Å². The molecule has 1 rings (SSSR count). The number of rotatable bonds is 8. The summed E-state index contributed by atoms with van der Waals surface area (Å²) in [6.07, 6.45) is 0.771. The first-order valence-electron chi connectivity index (χ1n) is 7.92. The molecule has 0 fully saturated rings. The lowest BCUT2D eigenvalue weighted by Crippen LogP contribution is -2.36. The quantitative estimate of drug-likeness (QED) is 0.428. The van der Waals surface area contributed by atoms with Crippen LogP contribution in [0.1, 0.15) is 37.6 Å². The summed E-state index contributed by atoms with van der Waals surface area (Å²) in [5, 5.41) is 4.98. The van der Waals surface area contributed by atoms with E-state index in [1.165, 1.54) is 24.3 Å². The number of amides is 2. The van der Waals surface area contributed by atoms with Crippen LogP contribution in [0.3, 0.4) is 0 Å². The molecule has 0 aliphatic carbocycles. The van der Waals surface area contributed by atoms with Crippen molar-refractivity contribution >= 4 is 23.5 Å². The second kappa shape index (κ2) is 10.4. The molecule has 0 aliphatic rings. The van der Waals surface area contributed by atoms with Gasteiger partial charge in [0.2, 0.25) is 0 Å². The molecule has 2 amide bonds. The monoisotopic (exact) mass is 336 g/mol. The zero-order valence-corrected chi connectivity index (χ0v) is 14.3. The smallest absolute Gasteiger partial charge is 0.338 e. The predicted octanol–water partition coefficient (Wildman–Crippen LogP) is 1.73. The molecule has 1 aromatic rings. The molecule has 24 heavy (non-hydrogen) atoms. The molecule has 0 aromatic heterocycles. The van der Waals surface area contributed by atoms with E-state index in [9.17, 15) is 14.4 Å². The number of hydrogen-bond donors (Lipinski definition) is 2. The van der Waals surface area contributed by atoms with Crippen molar-refractivity contribution in [2.24, 2.45) is 0 Å². The van der Waals surface area contributed by atoms with Crippen molar-refractivity contribution in [1.29, 1.82) is 0 Å². The molecule has 2 N–H and O–H groups in total. The Hall–Kier alpha value is -2.41. The van der Waals surface area contributed by atoms with Crippen LogP contribution in [0.25, 0.3) is 0 Å². The number of hydrogen-bond acceptors (Lipinski definition) is 5. The van der Waals surface area contributed by atoms with Crippen molar-refractivity contribution in [2.75, 3.05) is 25.1 Å². The molecule has 0 unspecified atom stereocenters. The van der Waals surface area contributed by atoms with Gasteiger partial charge in [0, 0.05) is 18.8 Å². The summed E-state index contributed by atoms with van der Waals surface area (Å²) in [6.45, 7) is 6.76. The normalized spacial score (nSPS) is 10.3. The van der Waals surface area contributed by atoms with Crippen molar-refractivity contribution in [2.45, 2.75) is 33.3 Å². The molecule has 132 valence electrons. The second-order valence-corrected chi connectivity index (χ2v) is 5.28. The SMILES string of the molecule is CCOC(=O)c1ccc(NC(=O)C(=O)NCCCOC(C)C)cc1. The van der Waals surface area contributed by atoms with Crippen LogP contribution in [0.2, 0.25) is 0 Å². The summed E-state index contributed by atoms with van der Waals surface area (Å²) in [5.41, 5.74) is 0.802. The van der Waals surface area contributed by atoms with Crippen LogP contribution in [0.4, 0.5) is 5.69 Å². The molecular weight excluding hydrogens is 312 g/mol. The number of nitrogens with one attached hydrogen (secondary N) is 2. The summed E-state index contributed by atoms with van der Waals surface area (Å²) < 4.78 is 10.2. The number of carbonyl (C=O) groups excluding carboxylic acids is 3. The largest absolute Gasteiger partial charge is 0.462 e. The van der Waals surface area contributed by atoms with Gasteiger partial charge in [-0.3, -0.25) is 9.59 Å². The van der Waals surface area contributed by atoms with Crippen LogP contribution in [-0.2, 0) is 19.1 Å².